The first kappa shape index (κ1) is 6.22. The second-order valence-electron chi connectivity index (χ2n) is 1.50. The highest BCUT2D eigenvalue weighted by atomic mass is 35.5. The number of hydrogen-bond acceptors (Lipinski definition) is 3. The Morgan fingerprint density at radius 1 is 1.78 bits per heavy atom. The average molecular weight is 146 g/mol. The molecule has 0 radical (unpaired) electrons. The Bertz CT molecular complexity index is 232. The number of carbonyl (C=O) groups excluding carboxylic acids is 1. The first-order valence-corrected chi connectivity index (χ1v) is 2.63. The van der Waals surface area contributed by atoms with Crippen molar-refractivity contribution < 1.29 is 4.79 Å². The first-order chi connectivity index (χ1) is 4.24. The van der Waals surface area contributed by atoms with E-state index in [-0.39, 0.29) is 5.82 Å². The van der Waals surface area contributed by atoms with E-state index < -0.39 is 0 Å². The highest BCUT2D eigenvalue weighted by Gasteiger charge is 2.01. The van der Waals surface area contributed by atoms with Crippen molar-refractivity contribution in [3.05, 3.63) is 11.6 Å². The molecule has 0 spiro atoms. The SMILES string of the molecule is Cc1nc(C=O)n(Cl)n1. The molecule has 0 aliphatic carbocycles. The van der Waals surface area contributed by atoms with Crippen molar-refractivity contribution in [2.45, 2.75) is 6.92 Å². The van der Waals surface area contributed by atoms with Crippen molar-refractivity contribution >= 4 is 18.1 Å². The first-order valence-electron chi connectivity index (χ1n) is 2.29. The lowest BCUT2D eigenvalue weighted by Gasteiger charge is -1.79. The van der Waals surface area contributed by atoms with E-state index in [4.69, 9.17) is 11.8 Å². The minimum atomic E-state index is 0.133. The fraction of sp³-hybridized carbons (Fsp3) is 0.250. The normalized spacial score (nSPS) is 9.56. The molecule has 1 heterocycles. The number of carbonyl (C=O) groups is 1. The van der Waals surface area contributed by atoms with E-state index in [1.807, 2.05) is 0 Å². The van der Waals surface area contributed by atoms with E-state index in [0.29, 0.717) is 12.1 Å². The number of halogens is 1. The van der Waals surface area contributed by atoms with Crippen LogP contribution in [0, 0.1) is 6.92 Å². The van der Waals surface area contributed by atoms with Crippen molar-refractivity contribution in [2.24, 2.45) is 0 Å². The Balaban J connectivity index is 3.15. The lowest BCUT2D eigenvalue weighted by atomic mass is 10.7. The minimum absolute atomic E-state index is 0.133. The zero-order valence-electron chi connectivity index (χ0n) is 4.71. The molecule has 9 heavy (non-hydrogen) atoms. The Kier molecular flexibility index (Phi) is 1.48. The van der Waals surface area contributed by atoms with Crippen molar-refractivity contribution in [1.29, 1.82) is 0 Å². The predicted octanol–water partition coefficient (Wildman–Crippen LogP) is 0.401. The van der Waals surface area contributed by atoms with E-state index in [0.717, 1.165) is 4.20 Å². The third kappa shape index (κ3) is 1.08. The van der Waals surface area contributed by atoms with Crippen molar-refractivity contribution in [1.82, 2.24) is 14.3 Å². The summed E-state index contributed by atoms with van der Waals surface area (Å²) < 4.78 is 0.919. The van der Waals surface area contributed by atoms with Gasteiger partial charge in [0.25, 0.3) is 0 Å². The van der Waals surface area contributed by atoms with Crippen LogP contribution in [-0.2, 0) is 0 Å². The van der Waals surface area contributed by atoms with Crippen LogP contribution in [0.1, 0.15) is 16.4 Å². The molecule has 5 heteroatoms. The molecule has 1 aromatic rings. The summed E-state index contributed by atoms with van der Waals surface area (Å²) in [5.41, 5.74) is 0. The maximum atomic E-state index is 10.0. The summed E-state index contributed by atoms with van der Waals surface area (Å²) in [6.45, 7) is 1.66. The highest BCUT2D eigenvalue weighted by Crippen LogP contribution is 1.94. The van der Waals surface area contributed by atoms with E-state index in [2.05, 4.69) is 10.1 Å². The number of aromatic nitrogens is 3. The topological polar surface area (TPSA) is 47.8 Å². The van der Waals surface area contributed by atoms with E-state index in [1.54, 1.807) is 6.92 Å². The van der Waals surface area contributed by atoms with Gasteiger partial charge in [-0.25, -0.2) is 4.98 Å². The summed E-state index contributed by atoms with van der Waals surface area (Å²) in [7, 11) is 0. The zero-order chi connectivity index (χ0) is 6.85. The van der Waals surface area contributed by atoms with Crippen LogP contribution in [-0.4, -0.2) is 20.6 Å². The molecular weight excluding hydrogens is 142 g/mol. The quantitative estimate of drug-likeness (QED) is 0.538. The molecule has 0 atom stereocenters. The van der Waals surface area contributed by atoms with Crippen LogP contribution in [0.15, 0.2) is 0 Å². The summed E-state index contributed by atoms with van der Waals surface area (Å²) >= 11 is 5.36. The number of aryl methyl sites for hydroxylation is 1. The Morgan fingerprint density at radius 3 is 2.67 bits per heavy atom. The van der Waals surface area contributed by atoms with Gasteiger partial charge in [-0.2, -0.15) is 0 Å². The van der Waals surface area contributed by atoms with Gasteiger partial charge in [0, 0.05) is 11.8 Å². The monoisotopic (exact) mass is 145 g/mol. The minimum Gasteiger partial charge on any atom is -0.294 e. The van der Waals surface area contributed by atoms with Gasteiger partial charge in [-0.3, -0.25) is 4.79 Å². The fourth-order valence-corrected chi connectivity index (χ4v) is 0.665. The smallest absolute Gasteiger partial charge is 0.208 e. The van der Waals surface area contributed by atoms with Gasteiger partial charge in [-0.05, 0) is 6.92 Å². The van der Waals surface area contributed by atoms with Gasteiger partial charge in [0.05, 0.1) is 0 Å². The standard InChI is InChI=1S/C4H4ClN3O/c1-3-6-4(2-9)8(5)7-3/h2H,1H3. The van der Waals surface area contributed by atoms with Crippen LogP contribution < -0.4 is 0 Å². The Labute approximate surface area is 56.6 Å². The third-order valence-corrected chi connectivity index (χ3v) is 1.05. The second kappa shape index (κ2) is 2.14. The van der Waals surface area contributed by atoms with Gasteiger partial charge >= 0.3 is 0 Å². The molecule has 0 N–H and O–H groups in total. The molecule has 0 saturated heterocycles. The molecule has 0 aromatic carbocycles. The lowest BCUT2D eigenvalue weighted by molar-refractivity contribution is 0.111. The largest absolute Gasteiger partial charge is 0.294 e. The molecule has 0 unspecified atom stereocenters. The van der Waals surface area contributed by atoms with Gasteiger partial charge in [-0.1, -0.05) is 0 Å². The summed E-state index contributed by atoms with van der Waals surface area (Å²) in [6, 6.07) is 0. The molecule has 48 valence electrons. The van der Waals surface area contributed by atoms with Crippen molar-refractivity contribution in [2.75, 3.05) is 0 Å². The number of nitrogens with zero attached hydrogens (tertiary/aromatic N) is 3. The Hall–Kier alpha value is -0.900. The molecule has 1 aromatic heterocycles. The van der Waals surface area contributed by atoms with Gasteiger partial charge < -0.3 is 0 Å². The van der Waals surface area contributed by atoms with Gasteiger partial charge in [0.1, 0.15) is 5.82 Å². The zero-order valence-corrected chi connectivity index (χ0v) is 5.46. The lowest BCUT2D eigenvalue weighted by Crippen LogP contribution is -1.90. The van der Waals surface area contributed by atoms with Crippen LogP contribution in [0.3, 0.4) is 0 Å². The van der Waals surface area contributed by atoms with Crippen molar-refractivity contribution in [3.63, 3.8) is 0 Å². The predicted molar refractivity (Wildman–Crippen MR) is 31.4 cm³/mol. The summed E-state index contributed by atoms with van der Waals surface area (Å²) in [5.74, 6) is 0.626. The number of rotatable bonds is 1. The van der Waals surface area contributed by atoms with Crippen LogP contribution in [0.5, 0.6) is 0 Å². The molecule has 0 saturated carbocycles. The second-order valence-corrected chi connectivity index (χ2v) is 1.82. The van der Waals surface area contributed by atoms with Crippen LogP contribution >= 0.6 is 11.8 Å². The summed E-state index contributed by atoms with van der Waals surface area (Å²) in [4.78, 5) is 13.7. The van der Waals surface area contributed by atoms with Gasteiger partial charge in [-0.15, -0.1) is 9.30 Å². The molecule has 1 rings (SSSR count). The molecule has 0 fully saturated rings. The highest BCUT2D eigenvalue weighted by molar-refractivity contribution is 6.16. The van der Waals surface area contributed by atoms with E-state index >= 15 is 0 Å². The average Bonchev–Trinajstić information content (AvgIpc) is 2.10. The van der Waals surface area contributed by atoms with Crippen LogP contribution in [0.25, 0.3) is 0 Å². The van der Waals surface area contributed by atoms with Gasteiger partial charge in [0.2, 0.25) is 5.82 Å². The maximum absolute atomic E-state index is 10.0. The van der Waals surface area contributed by atoms with E-state index in [9.17, 15) is 4.79 Å². The molecule has 0 bridgehead atoms. The van der Waals surface area contributed by atoms with Crippen molar-refractivity contribution in [3.8, 4) is 0 Å². The fourth-order valence-electron chi connectivity index (χ4n) is 0.478. The van der Waals surface area contributed by atoms with Crippen LogP contribution in [0.4, 0.5) is 0 Å². The van der Waals surface area contributed by atoms with Gasteiger partial charge in [0.15, 0.2) is 6.29 Å². The summed E-state index contributed by atoms with van der Waals surface area (Å²) in [6.07, 6.45) is 0.549. The Morgan fingerprint density at radius 2 is 2.44 bits per heavy atom. The molecule has 4 nitrogen and oxygen atoms in total. The molecule has 0 amide bonds. The third-order valence-electron chi connectivity index (χ3n) is 0.803. The van der Waals surface area contributed by atoms with Crippen LogP contribution in [0.2, 0.25) is 0 Å². The van der Waals surface area contributed by atoms with E-state index in [1.165, 1.54) is 0 Å². The number of aldehydes is 1. The molecule has 0 aliphatic rings. The number of hydrogen-bond donors (Lipinski definition) is 0. The molecular formula is C4H4ClN3O. The molecule has 0 aliphatic heterocycles. The summed E-state index contributed by atoms with van der Waals surface area (Å²) in [5, 5.41) is 3.62. The maximum Gasteiger partial charge on any atom is 0.208 e.